The van der Waals surface area contributed by atoms with Crippen molar-refractivity contribution in [2.45, 2.75) is 26.1 Å². The molecule has 1 aliphatic rings. The molecule has 0 bridgehead atoms. The predicted molar refractivity (Wildman–Crippen MR) is 110 cm³/mol. The van der Waals surface area contributed by atoms with E-state index in [9.17, 15) is 4.79 Å². The van der Waals surface area contributed by atoms with Crippen LogP contribution in [-0.2, 0) is 9.53 Å². The van der Waals surface area contributed by atoms with E-state index in [0.717, 1.165) is 11.3 Å². The van der Waals surface area contributed by atoms with Crippen LogP contribution in [0, 0.1) is 6.92 Å². The molecule has 0 spiro atoms. The fraction of sp³-hybridized carbons (Fsp3) is 0.381. The Morgan fingerprint density at radius 1 is 1.25 bits per heavy atom. The number of amides is 1. The molecule has 0 aromatic heterocycles. The SMILES string of the molecule is Cc1cc(OC[C@H]2CN(C(=O)[C@@H](C)Oc3ccccc3Cl)CCO2)ccc1Cl. The lowest BCUT2D eigenvalue weighted by Gasteiger charge is -2.34. The van der Waals surface area contributed by atoms with Crippen molar-refractivity contribution in [3.63, 3.8) is 0 Å². The van der Waals surface area contributed by atoms with Gasteiger partial charge >= 0.3 is 0 Å². The fourth-order valence-corrected chi connectivity index (χ4v) is 3.25. The molecule has 0 N–H and O–H groups in total. The number of morpholine rings is 1. The molecule has 5 nitrogen and oxygen atoms in total. The van der Waals surface area contributed by atoms with Gasteiger partial charge in [-0.15, -0.1) is 0 Å². The van der Waals surface area contributed by atoms with Gasteiger partial charge in [-0.05, 0) is 49.7 Å². The van der Waals surface area contributed by atoms with Crippen molar-refractivity contribution < 1.29 is 19.0 Å². The monoisotopic (exact) mass is 423 g/mol. The first-order valence-electron chi connectivity index (χ1n) is 9.14. The summed E-state index contributed by atoms with van der Waals surface area (Å²) in [6.45, 7) is 5.42. The third-order valence-corrected chi connectivity index (χ3v) is 5.24. The van der Waals surface area contributed by atoms with Crippen LogP contribution >= 0.6 is 23.2 Å². The van der Waals surface area contributed by atoms with Crippen LogP contribution in [0.2, 0.25) is 10.0 Å². The van der Waals surface area contributed by atoms with Gasteiger partial charge in [0.25, 0.3) is 5.91 Å². The number of halogens is 2. The van der Waals surface area contributed by atoms with Gasteiger partial charge in [0.15, 0.2) is 6.10 Å². The largest absolute Gasteiger partial charge is 0.491 e. The molecular weight excluding hydrogens is 401 g/mol. The van der Waals surface area contributed by atoms with E-state index in [2.05, 4.69) is 0 Å². The van der Waals surface area contributed by atoms with Crippen molar-refractivity contribution in [1.29, 1.82) is 0 Å². The molecule has 1 amide bonds. The van der Waals surface area contributed by atoms with Gasteiger partial charge in [0.05, 0.1) is 18.2 Å². The maximum absolute atomic E-state index is 12.8. The average molecular weight is 424 g/mol. The van der Waals surface area contributed by atoms with E-state index in [4.69, 9.17) is 37.4 Å². The fourth-order valence-electron chi connectivity index (χ4n) is 2.95. The van der Waals surface area contributed by atoms with Gasteiger partial charge in [-0.2, -0.15) is 0 Å². The van der Waals surface area contributed by atoms with E-state index in [1.54, 1.807) is 30.0 Å². The van der Waals surface area contributed by atoms with Crippen LogP contribution in [0.5, 0.6) is 11.5 Å². The van der Waals surface area contributed by atoms with E-state index in [1.807, 2.05) is 31.2 Å². The van der Waals surface area contributed by atoms with Crippen LogP contribution < -0.4 is 9.47 Å². The van der Waals surface area contributed by atoms with Gasteiger partial charge < -0.3 is 19.1 Å². The van der Waals surface area contributed by atoms with Crippen molar-refractivity contribution in [1.82, 2.24) is 4.90 Å². The van der Waals surface area contributed by atoms with Crippen LogP contribution in [0.15, 0.2) is 42.5 Å². The topological polar surface area (TPSA) is 48.0 Å². The molecule has 2 atom stereocenters. The normalized spacial score (nSPS) is 17.9. The number of ether oxygens (including phenoxy) is 3. The first-order chi connectivity index (χ1) is 13.4. The van der Waals surface area contributed by atoms with Crippen molar-refractivity contribution in [3.05, 3.63) is 58.1 Å². The van der Waals surface area contributed by atoms with E-state index in [0.29, 0.717) is 42.1 Å². The highest BCUT2D eigenvalue weighted by atomic mass is 35.5. The highest BCUT2D eigenvalue weighted by molar-refractivity contribution is 6.32. The Morgan fingerprint density at radius 2 is 2.04 bits per heavy atom. The summed E-state index contributed by atoms with van der Waals surface area (Å²) < 4.78 is 17.3. The zero-order chi connectivity index (χ0) is 20.1. The first kappa shape index (κ1) is 20.8. The second-order valence-corrected chi connectivity index (χ2v) is 7.50. The molecule has 2 aromatic carbocycles. The van der Waals surface area contributed by atoms with E-state index >= 15 is 0 Å². The molecule has 1 fully saturated rings. The third-order valence-electron chi connectivity index (χ3n) is 4.50. The lowest BCUT2D eigenvalue weighted by Crippen LogP contribution is -2.51. The average Bonchev–Trinajstić information content (AvgIpc) is 2.70. The van der Waals surface area contributed by atoms with Crippen LogP contribution in [0.3, 0.4) is 0 Å². The lowest BCUT2D eigenvalue weighted by molar-refractivity contribution is -0.146. The first-order valence-corrected chi connectivity index (χ1v) is 9.90. The third kappa shape index (κ3) is 5.31. The Balaban J connectivity index is 1.54. The number of aryl methyl sites for hydroxylation is 1. The van der Waals surface area contributed by atoms with Crippen LogP contribution in [0.25, 0.3) is 0 Å². The zero-order valence-electron chi connectivity index (χ0n) is 15.9. The number of rotatable bonds is 6. The van der Waals surface area contributed by atoms with Crippen LogP contribution in [0.4, 0.5) is 0 Å². The molecule has 7 heteroatoms. The quantitative estimate of drug-likeness (QED) is 0.691. The Labute approximate surface area is 175 Å². The summed E-state index contributed by atoms with van der Waals surface area (Å²) >= 11 is 12.1. The summed E-state index contributed by atoms with van der Waals surface area (Å²) in [5, 5.41) is 1.18. The van der Waals surface area contributed by atoms with Gasteiger partial charge in [-0.1, -0.05) is 35.3 Å². The Bertz CT molecular complexity index is 830. The van der Waals surface area contributed by atoms with Gasteiger partial charge in [0.1, 0.15) is 24.2 Å². The van der Waals surface area contributed by atoms with Crippen LogP contribution in [0.1, 0.15) is 12.5 Å². The van der Waals surface area contributed by atoms with E-state index in [1.165, 1.54) is 0 Å². The molecular formula is C21H23Cl2NO4. The molecule has 2 aromatic rings. The number of hydrogen-bond donors (Lipinski definition) is 0. The van der Waals surface area contributed by atoms with Crippen molar-refractivity contribution in [3.8, 4) is 11.5 Å². The maximum Gasteiger partial charge on any atom is 0.263 e. The minimum absolute atomic E-state index is 0.101. The summed E-state index contributed by atoms with van der Waals surface area (Å²) in [6.07, 6.45) is -0.848. The highest BCUT2D eigenvalue weighted by Gasteiger charge is 2.29. The van der Waals surface area contributed by atoms with E-state index in [-0.39, 0.29) is 12.0 Å². The molecule has 3 rings (SSSR count). The summed E-state index contributed by atoms with van der Waals surface area (Å²) in [7, 11) is 0. The molecule has 0 unspecified atom stereocenters. The summed E-state index contributed by atoms with van der Waals surface area (Å²) in [6, 6.07) is 12.6. The molecule has 150 valence electrons. The molecule has 0 aliphatic carbocycles. The minimum atomic E-state index is -0.640. The minimum Gasteiger partial charge on any atom is -0.491 e. The summed E-state index contributed by atoms with van der Waals surface area (Å²) in [5.74, 6) is 1.12. The van der Waals surface area contributed by atoms with Gasteiger partial charge in [-0.25, -0.2) is 0 Å². The van der Waals surface area contributed by atoms with Gasteiger partial charge in [0, 0.05) is 11.6 Å². The van der Waals surface area contributed by atoms with Crippen molar-refractivity contribution in [2.75, 3.05) is 26.3 Å². The predicted octanol–water partition coefficient (Wildman–Crippen LogP) is 4.38. The summed E-state index contributed by atoms with van der Waals surface area (Å²) in [4.78, 5) is 14.5. The number of carbonyl (C=O) groups is 1. The number of hydrogen-bond acceptors (Lipinski definition) is 4. The Kier molecular flexibility index (Phi) is 7.05. The number of carbonyl (C=O) groups excluding carboxylic acids is 1. The number of para-hydroxylation sites is 1. The summed E-state index contributed by atoms with van der Waals surface area (Å²) in [5.41, 5.74) is 0.950. The molecule has 28 heavy (non-hydrogen) atoms. The second kappa shape index (κ2) is 9.50. The molecule has 0 radical (unpaired) electrons. The number of benzene rings is 2. The van der Waals surface area contributed by atoms with Gasteiger partial charge in [0.2, 0.25) is 0 Å². The maximum atomic E-state index is 12.8. The smallest absolute Gasteiger partial charge is 0.263 e. The molecule has 1 saturated heterocycles. The second-order valence-electron chi connectivity index (χ2n) is 6.69. The van der Waals surface area contributed by atoms with Crippen LogP contribution in [-0.4, -0.2) is 49.3 Å². The molecule has 0 saturated carbocycles. The van der Waals surface area contributed by atoms with E-state index < -0.39 is 6.10 Å². The molecule has 1 heterocycles. The Hall–Kier alpha value is -1.95. The standard InChI is InChI=1S/C21H23Cl2NO4/c1-14-11-16(7-8-18(14)22)27-13-17-12-24(9-10-26-17)21(25)15(2)28-20-6-4-3-5-19(20)23/h3-8,11,15,17H,9-10,12-13H2,1-2H3/t15-,17-/m1/s1. The lowest BCUT2D eigenvalue weighted by atomic mass is 10.2. The number of nitrogens with zero attached hydrogens (tertiary/aromatic N) is 1. The zero-order valence-corrected chi connectivity index (χ0v) is 17.4. The van der Waals surface area contributed by atoms with Gasteiger partial charge in [-0.3, -0.25) is 4.79 Å². The van der Waals surface area contributed by atoms with Crippen molar-refractivity contribution in [2.24, 2.45) is 0 Å². The highest BCUT2D eigenvalue weighted by Crippen LogP contribution is 2.25. The van der Waals surface area contributed by atoms with Crippen molar-refractivity contribution >= 4 is 29.1 Å². The molecule has 1 aliphatic heterocycles. The Morgan fingerprint density at radius 3 is 2.79 bits per heavy atom.